The van der Waals surface area contributed by atoms with E-state index in [1.165, 1.54) is 193 Å². The van der Waals surface area contributed by atoms with E-state index in [1.54, 1.807) is 0 Å². The SMILES string of the molecule is CCCCCCCCCCCCCCCCCCCCC(=O)O[C@H](COC(=O)CCCCCCCCCCCCCCC)COP(=O)(O)OC[C@@H](O)COP(=O)(O)OC[C@@H](COC(=O)CCCCCCCCCC(C)C)OC(=O)CCCCCCCCCCCC(C)C. The van der Waals surface area contributed by atoms with Crippen LogP contribution in [0, 0.1) is 11.8 Å². The maximum absolute atomic E-state index is 13.1. The maximum Gasteiger partial charge on any atom is 0.472 e. The molecule has 0 aromatic rings. The zero-order chi connectivity index (χ0) is 68.6. The highest BCUT2D eigenvalue weighted by atomic mass is 31.2. The summed E-state index contributed by atoms with van der Waals surface area (Å²) in [6.45, 7) is 9.50. The molecule has 93 heavy (non-hydrogen) atoms. The lowest BCUT2D eigenvalue weighted by Crippen LogP contribution is -2.30. The molecule has 552 valence electrons. The van der Waals surface area contributed by atoms with Gasteiger partial charge in [-0.3, -0.25) is 37.3 Å². The number of esters is 4. The summed E-state index contributed by atoms with van der Waals surface area (Å²) < 4.78 is 68.4. The highest BCUT2D eigenvalue weighted by Gasteiger charge is 2.30. The van der Waals surface area contributed by atoms with Gasteiger partial charge in [-0.05, 0) is 37.5 Å². The molecule has 0 saturated heterocycles. The Morgan fingerprint density at radius 1 is 0.290 bits per heavy atom. The summed E-state index contributed by atoms with van der Waals surface area (Å²) >= 11 is 0. The second-order valence-electron chi connectivity index (χ2n) is 27.6. The number of hydrogen-bond acceptors (Lipinski definition) is 15. The molecule has 0 aliphatic rings. The first-order chi connectivity index (χ1) is 44.9. The number of carbonyl (C=O) groups is 4. The van der Waals surface area contributed by atoms with Crippen LogP contribution in [0.1, 0.15) is 382 Å². The molecule has 2 unspecified atom stereocenters. The molecule has 17 nitrogen and oxygen atoms in total. The van der Waals surface area contributed by atoms with Crippen LogP contribution in [0.25, 0.3) is 0 Å². The lowest BCUT2D eigenvalue weighted by Gasteiger charge is -2.21. The molecule has 0 bridgehead atoms. The number of phosphoric acid groups is 2. The average molecular weight is 1370 g/mol. The number of rotatable bonds is 73. The minimum atomic E-state index is -4.95. The standard InChI is InChI=1S/C74H144O17P2/c1-7-9-11-13-15-17-19-21-22-23-24-25-27-29-33-39-46-52-58-73(78)90-69(62-84-71(76)56-50-44-38-32-28-26-20-18-16-14-12-10-8-2)64-88-92(80,81)86-60-68(75)61-87-93(82,83)89-65-70(63-85-72(77)57-51-45-41-35-37-43-49-55-67(5)6)91-74(79)59-53-47-40-34-30-31-36-42-48-54-66(3)4/h66-70,75H,7-65H2,1-6H3,(H,80,81)(H,82,83)/t68-,69-,70-/m1/s1. The van der Waals surface area contributed by atoms with E-state index >= 15 is 0 Å². The molecule has 0 aromatic heterocycles. The van der Waals surface area contributed by atoms with Crippen molar-refractivity contribution >= 4 is 39.5 Å². The van der Waals surface area contributed by atoms with Gasteiger partial charge in [0.15, 0.2) is 12.2 Å². The highest BCUT2D eigenvalue weighted by molar-refractivity contribution is 7.47. The number of aliphatic hydroxyl groups is 1. The topological polar surface area (TPSA) is 237 Å². The largest absolute Gasteiger partial charge is 0.472 e. The van der Waals surface area contributed by atoms with Crippen molar-refractivity contribution in [3.63, 3.8) is 0 Å². The number of aliphatic hydroxyl groups excluding tert-OH is 1. The maximum atomic E-state index is 13.1. The molecule has 19 heteroatoms. The van der Waals surface area contributed by atoms with Gasteiger partial charge in [0.1, 0.15) is 19.3 Å². The Hall–Kier alpha value is -1.94. The molecule has 3 N–H and O–H groups in total. The van der Waals surface area contributed by atoms with Gasteiger partial charge in [-0.2, -0.15) is 0 Å². The van der Waals surface area contributed by atoms with Crippen LogP contribution in [0.2, 0.25) is 0 Å². The fourth-order valence-corrected chi connectivity index (χ4v) is 12.9. The van der Waals surface area contributed by atoms with Crippen LogP contribution in [-0.4, -0.2) is 96.7 Å². The number of carbonyl (C=O) groups excluding carboxylic acids is 4. The lowest BCUT2D eigenvalue weighted by atomic mass is 10.0. The molecular weight excluding hydrogens is 1220 g/mol. The van der Waals surface area contributed by atoms with E-state index in [4.69, 9.17) is 37.0 Å². The molecule has 0 amide bonds. The minimum absolute atomic E-state index is 0.105. The molecule has 0 aliphatic carbocycles. The summed E-state index contributed by atoms with van der Waals surface area (Å²) in [5.41, 5.74) is 0. The molecule has 5 atom stereocenters. The Labute approximate surface area is 568 Å². The fourth-order valence-electron chi connectivity index (χ4n) is 11.3. The Kier molecular flexibility index (Phi) is 64.6. The van der Waals surface area contributed by atoms with Crippen LogP contribution in [0.15, 0.2) is 0 Å². The molecule has 0 aromatic carbocycles. The normalized spacial score (nSPS) is 14.1. The van der Waals surface area contributed by atoms with Crippen molar-refractivity contribution in [2.45, 2.75) is 400 Å². The Morgan fingerprint density at radius 3 is 0.731 bits per heavy atom. The predicted octanol–water partition coefficient (Wildman–Crippen LogP) is 21.6. The van der Waals surface area contributed by atoms with E-state index in [2.05, 4.69) is 41.5 Å². The van der Waals surface area contributed by atoms with E-state index in [9.17, 15) is 43.2 Å². The van der Waals surface area contributed by atoms with E-state index < -0.39 is 97.5 Å². The third-order valence-corrected chi connectivity index (χ3v) is 19.1. The van der Waals surface area contributed by atoms with Gasteiger partial charge < -0.3 is 33.8 Å². The van der Waals surface area contributed by atoms with E-state index in [0.29, 0.717) is 31.6 Å². The van der Waals surface area contributed by atoms with Crippen LogP contribution in [0.3, 0.4) is 0 Å². The van der Waals surface area contributed by atoms with Crippen LogP contribution in [-0.2, 0) is 65.4 Å². The summed E-state index contributed by atoms with van der Waals surface area (Å²) in [5, 5.41) is 10.6. The second-order valence-corrected chi connectivity index (χ2v) is 30.5. The van der Waals surface area contributed by atoms with Crippen LogP contribution < -0.4 is 0 Å². The van der Waals surface area contributed by atoms with Crippen molar-refractivity contribution < 1.29 is 80.2 Å². The Bertz CT molecular complexity index is 1800. The van der Waals surface area contributed by atoms with Crippen molar-refractivity contribution in [2.24, 2.45) is 11.8 Å². The lowest BCUT2D eigenvalue weighted by molar-refractivity contribution is -0.161. The minimum Gasteiger partial charge on any atom is -0.462 e. The first-order valence-electron chi connectivity index (χ1n) is 38.5. The number of ether oxygens (including phenoxy) is 4. The zero-order valence-corrected chi connectivity index (χ0v) is 62.3. The van der Waals surface area contributed by atoms with E-state index in [0.717, 1.165) is 102 Å². The van der Waals surface area contributed by atoms with Gasteiger partial charge in [0.2, 0.25) is 0 Å². The van der Waals surface area contributed by atoms with E-state index in [-0.39, 0.29) is 25.7 Å². The molecule has 0 spiro atoms. The molecule has 0 radical (unpaired) electrons. The third kappa shape index (κ3) is 68.4. The van der Waals surface area contributed by atoms with Crippen molar-refractivity contribution in [3.8, 4) is 0 Å². The predicted molar refractivity (Wildman–Crippen MR) is 377 cm³/mol. The van der Waals surface area contributed by atoms with Crippen LogP contribution in [0.5, 0.6) is 0 Å². The average Bonchev–Trinajstić information content (AvgIpc) is 1.66. The summed E-state index contributed by atoms with van der Waals surface area (Å²) in [4.78, 5) is 72.7. The molecule has 0 aliphatic heterocycles. The number of hydrogen-bond donors (Lipinski definition) is 3. The fraction of sp³-hybridized carbons (Fsp3) is 0.946. The Balaban J connectivity index is 5.23. The first kappa shape index (κ1) is 91.1. The van der Waals surface area contributed by atoms with Gasteiger partial charge >= 0.3 is 39.5 Å². The molecular formula is C74H144O17P2. The summed E-state index contributed by atoms with van der Waals surface area (Å²) in [6.07, 6.45) is 52.8. The molecule has 0 saturated carbocycles. The monoisotopic (exact) mass is 1370 g/mol. The van der Waals surface area contributed by atoms with Gasteiger partial charge in [0.25, 0.3) is 0 Å². The molecule has 0 heterocycles. The van der Waals surface area contributed by atoms with Crippen molar-refractivity contribution in [1.29, 1.82) is 0 Å². The van der Waals surface area contributed by atoms with Gasteiger partial charge in [-0.1, -0.05) is 330 Å². The van der Waals surface area contributed by atoms with Crippen LogP contribution in [0.4, 0.5) is 0 Å². The highest BCUT2D eigenvalue weighted by Crippen LogP contribution is 2.45. The first-order valence-corrected chi connectivity index (χ1v) is 41.5. The summed E-state index contributed by atoms with van der Waals surface area (Å²) in [7, 11) is -9.91. The number of unbranched alkanes of at least 4 members (excludes halogenated alkanes) is 43. The third-order valence-electron chi connectivity index (χ3n) is 17.2. The smallest absolute Gasteiger partial charge is 0.462 e. The van der Waals surface area contributed by atoms with Crippen molar-refractivity contribution in [3.05, 3.63) is 0 Å². The quantitative estimate of drug-likeness (QED) is 0.0222. The molecule has 0 rings (SSSR count). The van der Waals surface area contributed by atoms with Crippen molar-refractivity contribution in [1.82, 2.24) is 0 Å². The van der Waals surface area contributed by atoms with Gasteiger partial charge in [-0.25, -0.2) is 9.13 Å². The summed E-state index contributed by atoms with van der Waals surface area (Å²) in [6, 6.07) is 0. The van der Waals surface area contributed by atoms with Crippen LogP contribution >= 0.6 is 15.6 Å². The molecule has 0 fully saturated rings. The van der Waals surface area contributed by atoms with Gasteiger partial charge in [0, 0.05) is 25.7 Å². The van der Waals surface area contributed by atoms with Crippen molar-refractivity contribution in [2.75, 3.05) is 39.6 Å². The number of phosphoric ester groups is 2. The van der Waals surface area contributed by atoms with E-state index in [1.807, 2.05) is 0 Å². The second kappa shape index (κ2) is 66.0. The van der Waals surface area contributed by atoms with Gasteiger partial charge in [-0.15, -0.1) is 0 Å². The Morgan fingerprint density at radius 2 is 0.495 bits per heavy atom. The van der Waals surface area contributed by atoms with Gasteiger partial charge in [0.05, 0.1) is 26.4 Å². The summed E-state index contributed by atoms with van der Waals surface area (Å²) in [5.74, 6) is -0.678. The zero-order valence-electron chi connectivity index (χ0n) is 60.6.